The summed E-state index contributed by atoms with van der Waals surface area (Å²) >= 11 is 5.00. The van der Waals surface area contributed by atoms with Crippen LogP contribution in [-0.4, -0.2) is 48.3 Å². The van der Waals surface area contributed by atoms with Gasteiger partial charge in [0.1, 0.15) is 17.0 Å². The van der Waals surface area contributed by atoms with Crippen molar-refractivity contribution in [3.63, 3.8) is 0 Å². The Hall–Kier alpha value is -2.88. The van der Waals surface area contributed by atoms with Gasteiger partial charge < -0.3 is 10.2 Å². The molecule has 1 aromatic heterocycles. The Morgan fingerprint density at radius 1 is 1.30 bits per heavy atom. The third kappa shape index (κ3) is 2.32. The maximum atomic E-state index is 11.7. The summed E-state index contributed by atoms with van der Waals surface area (Å²) in [5.41, 5.74) is 1.24. The van der Waals surface area contributed by atoms with Crippen LogP contribution in [0.2, 0.25) is 0 Å². The van der Waals surface area contributed by atoms with Gasteiger partial charge in [-0.3, -0.25) is 4.79 Å². The Bertz CT molecular complexity index is 861. The summed E-state index contributed by atoms with van der Waals surface area (Å²) < 4.78 is 4.67. The van der Waals surface area contributed by atoms with E-state index in [-0.39, 0.29) is 16.3 Å². The van der Waals surface area contributed by atoms with E-state index in [0.29, 0.717) is 11.1 Å². The van der Waals surface area contributed by atoms with Crippen LogP contribution >= 0.6 is 12.2 Å². The lowest BCUT2D eigenvalue weighted by Crippen LogP contribution is -2.48. The lowest BCUT2D eigenvalue weighted by molar-refractivity contribution is -0.140. The van der Waals surface area contributed by atoms with E-state index in [1.54, 1.807) is 18.2 Å². The molecule has 1 aromatic carbocycles. The topological polar surface area (TPSA) is 129 Å². The molecule has 0 saturated carbocycles. The highest BCUT2D eigenvalue weighted by Gasteiger charge is 2.44. The molecular weight excluding hydrogens is 324 g/mol. The molecule has 2 N–H and O–H groups in total. The van der Waals surface area contributed by atoms with E-state index in [4.69, 9.17) is 12.2 Å². The summed E-state index contributed by atoms with van der Waals surface area (Å²) in [6, 6.07) is 3.71. The van der Waals surface area contributed by atoms with Crippen LogP contribution in [-0.2, 0) is 4.79 Å². The van der Waals surface area contributed by atoms with E-state index in [9.17, 15) is 19.8 Å². The van der Waals surface area contributed by atoms with E-state index in [1.165, 1.54) is 6.92 Å². The number of carboxylic acid groups (broad SMARTS) is 2. The number of carbonyl (C=O) groups is 2. The van der Waals surface area contributed by atoms with Crippen molar-refractivity contribution in [2.45, 2.75) is 13.0 Å². The number of thiocarbonyl (C=S) groups is 1. The number of fused-ring (bicyclic) bond motifs is 1. The molecule has 9 nitrogen and oxygen atoms in total. The second kappa shape index (κ2) is 5.39. The Kier molecular flexibility index (Phi) is 3.52. The summed E-state index contributed by atoms with van der Waals surface area (Å²) in [7, 11) is 0. The number of aromatic nitrogens is 2. The van der Waals surface area contributed by atoms with Gasteiger partial charge in [-0.1, -0.05) is 12.1 Å². The zero-order valence-corrected chi connectivity index (χ0v) is 12.5. The van der Waals surface area contributed by atoms with E-state index >= 15 is 0 Å². The van der Waals surface area contributed by atoms with Gasteiger partial charge in [-0.15, -0.1) is 0 Å². The molecule has 0 fully saturated rings. The molecule has 2 unspecified atom stereocenters. The van der Waals surface area contributed by atoms with Crippen molar-refractivity contribution < 1.29 is 24.4 Å². The van der Waals surface area contributed by atoms with E-state index in [2.05, 4.69) is 19.9 Å². The Labute approximate surface area is 134 Å². The van der Waals surface area contributed by atoms with Crippen molar-refractivity contribution in [2.24, 2.45) is 10.9 Å². The number of aliphatic carboxylic acids is 1. The zero-order valence-electron chi connectivity index (χ0n) is 11.7. The minimum atomic E-state index is -1.39. The molecule has 118 valence electrons. The first kappa shape index (κ1) is 15.0. The Morgan fingerprint density at radius 2 is 2.04 bits per heavy atom. The number of benzene rings is 1. The highest BCUT2D eigenvalue weighted by atomic mass is 32.1. The van der Waals surface area contributed by atoms with Gasteiger partial charge in [0.2, 0.25) is 5.11 Å². The van der Waals surface area contributed by atoms with Crippen molar-refractivity contribution in [1.29, 1.82) is 0 Å². The van der Waals surface area contributed by atoms with E-state index < -0.39 is 24.0 Å². The summed E-state index contributed by atoms with van der Waals surface area (Å²) in [6.07, 6.45) is -1.39. The van der Waals surface area contributed by atoms with Crippen LogP contribution in [0.3, 0.4) is 0 Å². The van der Waals surface area contributed by atoms with E-state index in [0.717, 1.165) is 4.90 Å². The molecule has 0 radical (unpaired) electrons. The van der Waals surface area contributed by atoms with E-state index in [1.807, 2.05) is 0 Å². The van der Waals surface area contributed by atoms with Crippen LogP contribution in [0.15, 0.2) is 27.8 Å². The molecule has 23 heavy (non-hydrogen) atoms. The maximum Gasteiger partial charge on any atom is 0.414 e. The minimum Gasteiger partial charge on any atom is -0.481 e. The lowest BCUT2D eigenvalue weighted by atomic mass is 9.86. The van der Waals surface area contributed by atoms with Gasteiger partial charge in [0, 0.05) is 11.3 Å². The molecule has 2 heterocycles. The third-order valence-electron chi connectivity index (χ3n) is 3.63. The van der Waals surface area contributed by atoms with Crippen molar-refractivity contribution in [3.05, 3.63) is 23.8 Å². The van der Waals surface area contributed by atoms with Gasteiger partial charge in [0.25, 0.3) is 0 Å². The molecule has 0 bridgehead atoms. The smallest absolute Gasteiger partial charge is 0.414 e. The average Bonchev–Trinajstić information content (AvgIpc) is 2.93. The minimum absolute atomic E-state index is 0.217. The van der Waals surface area contributed by atoms with Gasteiger partial charge in [-0.25, -0.2) is 19.3 Å². The third-order valence-corrected chi connectivity index (χ3v) is 3.92. The van der Waals surface area contributed by atoms with Crippen LogP contribution in [0.25, 0.3) is 11.0 Å². The second-order valence-electron chi connectivity index (χ2n) is 4.93. The number of hydrogen-bond donors (Lipinski definition) is 2. The monoisotopic (exact) mass is 334 g/mol. The van der Waals surface area contributed by atoms with Crippen molar-refractivity contribution in [3.8, 4) is 0 Å². The number of hydrogen-bond acceptors (Lipinski definition) is 6. The summed E-state index contributed by atoms with van der Waals surface area (Å²) in [5.74, 6) is -2.40. The fourth-order valence-electron chi connectivity index (χ4n) is 2.67. The standard InChI is InChI=1S/C13H10N4O5S/c1-5-8(11(18)19)10(17(13(20)21)12(23)14-5)6-3-2-4-7-9(6)16-22-15-7/h2-4,8,10H,1H3,(H,18,19)(H,20,21). The van der Waals surface area contributed by atoms with Gasteiger partial charge in [-0.05, 0) is 35.5 Å². The SMILES string of the molecule is CC1=NC(=S)N(C(=O)O)C(c2cccc3nonc23)C1C(=O)O. The molecule has 0 spiro atoms. The molecule has 10 heteroatoms. The number of aliphatic imine (C=N–C) groups is 1. The highest BCUT2D eigenvalue weighted by Crippen LogP contribution is 2.37. The molecule has 2 aromatic rings. The number of rotatable bonds is 2. The predicted octanol–water partition coefficient (Wildman–Crippen LogP) is 1.70. The molecular formula is C13H10N4O5S. The summed E-state index contributed by atoms with van der Waals surface area (Å²) in [5, 5.41) is 26.2. The molecule has 1 aliphatic heterocycles. The largest absolute Gasteiger partial charge is 0.481 e. The number of carboxylic acids is 1. The van der Waals surface area contributed by atoms with Crippen molar-refractivity contribution in [2.75, 3.05) is 0 Å². The van der Waals surface area contributed by atoms with Gasteiger partial charge in [0.15, 0.2) is 0 Å². The van der Waals surface area contributed by atoms with Crippen LogP contribution in [0, 0.1) is 5.92 Å². The number of amides is 1. The number of nitrogens with zero attached hydrogens (tertiary/aromatic N) is 4. The first-order valence-electron chi connectivity index (χ1n) is 6.47. The molecule has 3 rings (SSSR count). The van der Waals surface area contributed by atoms with Gasteiger partial charge in [0.05, 0.1) is 6.04 Å². The molecule has 1 aliphatic rings. The summed E-state index contributed by atoms with van der Waals surface area (Å²) in [6.45, 7) is 1.50. The highest BCUT2D eigenvalue weighted by molar-refractivity contribution is 7.80. The normalized spacial score (nSPS) is 21.3. The second-order valence-corrected chi connectivity index (χ2v) is 5.29. The molecule has 0 saturated heterocycles. The average molecular weight is 334 g/mol. The van der Waals surface area contributed by atoms with Gasteiger partial charge >= 0.3 is 12.1 Å². The lowest BCUT2D eigenvalue weighted by Gasteiger charge is -2.36. The first-order valence-corrected chi connectivity index (χ1v) is 6.88. The van der Waals surface area contributed by atoms with Crippen LogP contribution < -0.4 is 0 Å². The van der Waals surface area contributed by atoms with Crippen LogP contribution in [0.1, 0.15) is 18.5 Å². The Balaban J connectivity index is 2.28. The zero-order chi connectivity index (χ0) is 16.7. The molecule has 0 aliphatic carbocycles. The predicted molar refractivity (Wildman–Crippen MR) is 81.2 cm³/mol. The molecule has 2 atom stereocenters. The molecule has 1 amide bonds. The van der Waals surface area contributed by atoms with Crippen LogP contribution in [0.5, 0.6) is 0 Å². The van der Waals surface area contributed by atoms with Crippen LogP contribution in [0.4, 0.5) is 4.79 Å². The first-order chi connectivity index (χ1) is 10.9. The van der Waals surface area contributed by atoms with Crippen molar-refractivity contribution in [1.82, 2.24) is 15.2 Å². The Morgan fingerprint density at radius 3 is 2.70 bits per heavy atom. The fraction of sp³-hybridized carbons (Fsp3) is 0.231. The van der Waals surface area contributed by atoms with Crippen molar-refractivity contribution >= 4 is 46.1 Å². The quantitative estimate of drug-likeness (QED) is 0.794. The summed E-state index contributed by atoms with van der Waals surface area (Å²) in [4.78, 5) is 27.9. The maximum absolute atomic E-state index is 11.7. The fourth-order valence-corrected chi connectivity index (χ4v) is 3.01. The van der Waals surface area contributed by atoms with Gasteiger partial charge in [-0.2, -0.15) is 0 Å².